The van der Waals surface area contributed by atoms with E-state index in [2.05, 4.69) is 10.4 Å². The molecule has 2 heterocycles. The van der Waals surface area contributed by atoms with E-state index in [9.17, 15) is 4.79 Å². The topological polar surface area (TPSA) is 72.9 Å². The van der Waals surface area contributed by atoms with Crippen LogP contribution in [0.1, 0.15) is 15.2 Å². The van der Waals surface area contributed by atoms with Crippen molar-refractivity contribution < 1.29 is 4.79 Å². The van der Waals surface area contributed by atoms with Crippen LogP contribution in [0.4, 0.5) is 5.82 Å². The van der Waals surface area contributed by atoms with Crippen molar-refractivity contribution in [1.29, 1.82) is 0 Å². The second-order valence-electron chi connectivity index (χ2n) is 6.19. The minimum atomic E-state index is -0.118. The number of anilines is 1. The molecule has 0 unspecified atom stereocenters. The lowest BCUT2D eigenvalue weighted by molar-refractivity contribution is 0.0951. The number of hydrogen-bond acceptors (Lipinski definition) is 4. The molecule has 2 aromatic carbocycles. The lowest BCUT2D eigenvalue weighted by atomic mass is 10.1. The largest absolute Gasteiger partial charge is 0.384 e. The number of carbonyl (C=O) groups excluding carboxylic acids is 1. The lowest BCUT2D eigenvalue weighted by Gasteiger charge is -2.07. The van der Waals surface area contributed by atoms with Crippen molar-refractivity contribution in [3.8, 4) is 16.9 Å². The minimum Gasteiger partial charge on any atom is -0.384 e. The molecule has 0 aliphatic carbocycles. The molecule has 0 spiro atoms. The number of nitrogen functional groups attached to an aromatic ring is 1. The molecule has 0 saturated heterocycles. The maximum atomic E-state index is 12.3. The van der Waals surface area contributed by atoms with Crippen LogP contribution in [0, 0.1) is 0 Å². The fraction of sp³-hybridized carbons (Fsp3) is 0.0476. The summed E-state index contributed by atoms with van der Waals surface area (Å²) in [6.07, 6.45) is 0. The number of amides is 1. The zero-order valence-corrected chi connectivity index (χ0v) is 16.4. The number of carbonyl (C=O) groups is 1. The predicted octanol–water partition coefficient (Wildman–Crippen LogP) is 4.77. The van der Waals surface area contributed by atoms with E-state index in [0.29, 0.717) is 22.9 Å². The Labute approximate surface area is 171 Å². The maximum Gasteiger partial charge on any atom is 0.251 e. The smallest absolute Gasteiger partial charge is 0.251 e. The van der Waals surface area contributed by atoms with Gasteiger partial charge in [0.25, 0.3) is 5.91 Å². The van der Waals surface area contributed by atoms with E-state index in [-0.39, 0.29) is 5.91 Å². The van der Waals surface area contributed by atoms with Crippen molar-refractivity contribution in [2.45, 2.75) is 6.54 Å². The Morgan fingerprint density at radius 1 is 1.11 bits per heavy atom. The Kier molecular flexibility index (Phi) is 5.14. The summed E-state index contributed by atoms with van der Waals surface area (Å²) in [4.78, 5) is 13.4. The Morgan fingerprint density at radius 3 is 2.64 bits per heavy atom. The second-order valence-corrected chi connectivity index (χ2v) is 7.65. The molecule has 0 radical (unpaired) electrons. The molecule has 1 amide bonds. The normalized spacial score (nSPS) is 10.8. The van der Waals surface area contributed by atoms with Gasteiger partial charge in [-0.15, -0.1) is 11.3 Å². The van der Waals surface area contributed by atoms with Crippen molar-refractivity contribution in [3.05, 3.63) is 87.6 Å². The Bertz CT molecular complexity index is 1100. The third kappa shape index (κ3) is 3.93. The molecule has 0 fully saturated rings. The van der Waals surface area contributed by atoms with Crippen LogP contribution < -0.4 is 11.1 Å². The highest BCUT2D eigenvalue weighted by Crippen LogP contribution is 2.25. The number of halogens is 1. The summed E-state index contributed by atoms with van der Waals surface area (Å²) in [5, 5.41) is 10.1. The molecule has 5 nitrogen and oxygen atoms in total. The van der Waals surface area contributed by atoms with Gasteiger partial charge in [0.15, 0.2) is 0 Å². The monoisotopic (exact) mass is 408 g/mol. The van der Waals surface area contributed by atoms with Gasteiger partial charge in [0, 0.05) is 27.1 Å². The molecule has 28 heavy (non-hydrogen) atoms. The van der Waals surface area contributed by atoms with Crippen LogP contribution >= 0.6 is 22.9 Å². The molecular weight excluding hydrogens is 392 g/mol. The van der Waals surface area contributed by atoms with Crippen molar-refractivity contribution in [3.63, 3.8) is 0 Å². The molecule has 0 bridgehead atoms. The highest BCUT2D eigenvalue weighted by atomic mass is 35.5. The SMILES string of the molecule is Nc1cc(-c2cccc(Cl)c2)nn1-c1ccc(C(=O)NCc2cccs2)cc1. The molecule has 2 aromatic heterocycles. The highest BCUT2D eigenvalue weighted by molar-refractivity contribution is 7.09. The van der Waals surface area contributed by atoms with E-state index >= 15 is 0 Å². The number of benzene rings is 2. The van der Waals surface area contributed by atoms with Crippen LogP contribution in [0.3, 0.4) is 0 Å². The van der Waals surface area contributed by atoms with Crippen LogP contribution in [-0.2, 0) is 6.54 Å². The van der Waals surface area contributed by atoms with E-state index in [0.717, 1.165) is 21.8 Å². The second kappa shape index (κ2) is 7.88. The van der Waals surface area contributed by atoms with Gasteiger partial charge in [-0.05, 0) is 47.8 Å². The Hall–Kier alpha value is -3.09. The average Bonchev–Trinajstić information content (AvgIpc) is 3.36. The molecule has 0 aliphatic rings. The molecule has 0 saturated carbocycles. The van der Waals surface area contributed by atoms with Crippen molar-refractivity contribution >= 4 is 34.7 Å². The Morgan fingerprint density at radius 2 is 1.93 bits per heavy atom. The summed E-state index contributed by atoms with van der Waals surface area (Å²) in [6.45, 7) is 0.521. The number of hydrogen-bond donors (Lipinski definition) is 2. The van der Waals surface area contributed by atoms with Crippen molar-refractivity contribution in [2.75, 3.05) is 5.73 Å². The number of aromatic nitrogens is 2. The maximum absolute atomic E-state index is 12.3. The molecule has 4 aromatic rings. The first-order valence-corrected chi connectivity index (χ1v) is 9.88. The van der Waals surface area contributed by atoms with E-state index < -0.39 is 0 Å². The standard InChI is InChI=1S/C21H17ClN4OS/c22-16-4-1-3-15(11-16)19-12-20(23)26(25-19)17-8-6-14(7-9-17)21(27)24-13-18-5-2-10-28-18/h1-12H,13,23H2,(H,24,27). The van der Waals surface area contributed by atoms with Crippen LogP contribution in [0.2, 0.25) is 5.02 Å². The van der Waals surface area contributed by atoms with Gasteiger partial charge in [0.2, 0.25) is 0 Å². The number of rotatable bonds is 5. The molecule has 7 heteroatoms. The molecule has 140 valence electrons. The average molecular weight is 409 g/mol. The van der Waals surface area contributed by atoms with Gasteiger partial charge in [0.05, 0.1) is 17.9 Å². The fourth-order valence-electron chi connectivity index (χ4n) is 2.83. The number of nitrogens with one attached hydrogen (secondary N) is 1. The van der Waals surface area contributed by atoms with Gasteiger partial charge in [-0.2, -0.15) is 5.10 Å². The zero-order chi connectivity index (χ0) is 19.5. The molecular formula is C21H17ClN4OS. The predicted molar refractivity (Wildman–Crippen MR) is 114 cm³/mol. The summed E-state index contributed by atoms with van der Waals surface area (Å²) in [7, 11) is 0. The van der Waals surface area contributed by atoms with E-state index in [1.165, 1.54) is 0 Å². The van der Waals surface area contributed by atoms with Crippen molar-refractivity contribution in [2.24, 2.45) is 0 Å². The fourth-order valence-corrected chi connectivity index (χ4v) is 3.66. The van der Waals surface area contributed by atoms with Crippen LogP contribution in [0.25, 0.3) is 16.9 Å². The van der Waals surface area contributed by atoms with Gasteiger partial charge in [-0.1, -0.05) is 29.8 Å². The van der Waals surface area contributed by atoms with Crippen LogP contribution in [-0.4, -0.2) is 15.7 Å². The third-order valence-electron chi connectivity index (χ3n) is 4.23. The van der Waals surface area contributed by atoms with E-state index in [1.807, 2.05) is 53.9 Å². The summed E-state index contributed by atoms with van der Waals surface area (Å²) in [5.41, 5.74) is 9.13. The molecule has 0 aliphatic heterocycles. The first-order valence-electron chi connectivity index (χ1n) is 8.62. The van der Waals surface area contributed by atoms with Gasteiger partial charge in [-0.25, -0.2) is 4.68 Å². The quantitative estimate of drug-likeness (QED) is 0.499. The molecule has 0 atom stereocenters. The summed E-state index contributed by atoms with van der Waals surface area (Å²) in [5.74, 6) is 0.387. The minimum absolute atomic E-state index is 0.118. The third-order valence-corrected chi connectivity index (χ3v) is 5.35. The number of nitrogens with two attached hydrogens (primary N) is 1. The van der Waals surface area contributed by atoms with E-state index in [4.69, 9.17) is 17.3 Å². The number of thiophene rings is 1. The van der Waals surface area contributed by atoms with E-state index in [1.54, 1.807) is 34.2 Å². The summed E-state index contributed by atoms with van der Waals surface area (Å²) >= 11 is 7.67. The van der Waals surface area contributed by atoms with Gasteiger partial charge >= 0.3 is 0 Å². The zero-order valence-electron chi connectivity index (χ0n) is 14.8. The van der Waals surface area contributed by atoms with Crippen LogP contribution in [0.5, 0.6) is 0 Å². The van der Waals surface area contributed by atoms with Gasteiger partial charge in [-0.3, -0.25) is 4.79 Å². The Balaban J connectivity index is 1.51. The molecule has 4 rings (SSSR count). The highest BCUT2D eigenvalue weighted by Gasteiger charge is 2.11. The van der Waals surface area contributed by atoms with Gasteiger partial charge in [0.1, 0.15) is 5.82 Å². The molecule has 3 N–H and O–H groups in total. The van der Waals surface area contributed by atoms with Crippen LogP contribution in [0.15, 0.2) is 72.1 Å². The summed E-state index contributed by atoms with van der Waals surface area (Å²) in [6, 6.07) is 20.4. The number of nitrogens with zero attached hydrogens (tertiary/aromatic N) is 2. The van der Waals surface area contributed by atoms with Crippen molar-refractivity contribution in [1.82, 2.24) is 15.1 Å². The van der Waals surface area contributed by atoms with Gasteiger partial charge < -0.3 is 11.1 Å². The lowest BCUT2D eigenvalue weighted by Crippen LogP contribution is -2.22. The summed E-state index contributed by atoms with van der Waals surface area (Å²) < 4.78 is 1.64. The first-order chi connectivity index (χ1) is 13.6. The first kappa shape index (κ1) is 18.3.